The van der Waals surface area contributed by atoms with Crippen LogP contribution in [0.25, 0.3) is 33.6 Å². The molecule has 0 fully saturated rings. The molecular formula is C25H23N2+. The van der Waals surface area contributed by atoms with Gasteiger partial charge >= 0.3 is 0 Å². The van der Waals surface area contributed by atoms with Crippen LogP contribution in [0.3, 0.4) is 0 Å². The van der Waals surface area contributed by atoms with Crippen molar-refractivity contribution in [3.8, 4) is 33.6 Å². The van der Waals surface area contributed by atoms with Gasteiger partial charge in [0, 0.05) is 5.56 Å². The molecule has 3 aromatic carbocycles. The van der Waals surface area contributed by atoms with Gasteiger partial charge in [-0.1, -0.05) is 72.8 Å². The van der Waals surface area contributed by atoms with Crippen LogP contribution in [0.2, 0.25) is 0 Å². The maximum absolute atomic E-state index is 4.99. The van der Waals surface area contributed by atoms with Crippen LogP contribution in [-0.4, -0.2) is 4.98 Å². The lowest BCUT2D eigenvalue weighted by Crippen LogP contribution is -2.33. The standard InChI is InChI=1S/C25H23N2/c1-18-11-7-8-14-21(18)25-19(2)26-24(17-27(25)3)23-16-10-9-15-22(23)20-12-5-4-6-13-20/h4-17H,1-3H3/q+1. The Labute approximate surface area is 160 Å². The number of aromatic nitrogens is 2. The number of rotatable bonds is 3. The number of nitrogens with zero attached hydrogens (tertiary/aromatic N) is 2. The minimum atomic E-state index is 0.992. The Balaban J connectivity index is 1.88. The average Bonchev–Trinajstić information content (AvgIpc) is 2.69. The summed E-state index contributed by atoms with van der Waals surface area (Å²) < 4.78 is 2.20. The van der Waals surface area contributed by atoms with Crippen molar-refractivity contribution in [3.63, 3.8) is 0 Å². The highest BCUT2D eigenvalue weighted by atomic mass is 15.0. The molecule has 1 aromatic heterocycles. The predicted molar refractivity (Wildman–Crippen MR) is 111 cm³/mol. The molecule has 0 bridgehead atoms. The normalized spacial score (nSPS) is 10.8. The van der Waals surface area contributed by atoms with Crippen LogP contribution in [-0.2, 0) is 7.05 Å². The van der Waals surface area contributed by atoms with Crippen LogP contribution in [0.1, 0.15) is 11.3 Å². The van der Waals surface area contributed by atoms with Crippen molar-refractivity contribution in [2.45, 2.75) is 13.8 Å². The third-order valence-corrected chi connectivity index (χ3v) is 4.99. The van der Waals surface area contributed by atoms with E-state index in [9.17, 15) is 0 Å². The Morgan fingerprint density at radius 3 is 1.93 bits per heavy atom. The zero-order chi connectivity index (χ0) is 18.8. The number of aryl methyl sites for hydroxylation is 3. The van der Waals surface area contributed by atoms with Crippen LogP contribution >= 0.6 is 0 Å². The molecular weight excluding hydrogens is 328 g/mol. The van der Waals surface area contributed by atoms with Crippen LogP contribution in [0.5, 0.6) is 0 Å². The second kappa shape index (κ2) is 7.16. The number of hydrogen-bond donors (Lipinski definition) is 0. The molecule has 2 nitrogen and oxygen atoms in total. The first kappa shape index (κ1) is 17.2. The summed E-state index contributed by atoms with van der Waals surface area (Å²) in [6.45, 7) is 4.24. The summed E-state index contributed by atoms with van der Waals surface area (Å²) in [5.41, 5.74) is 9.24. The lowest BCUT2D eigenvalue weighted by Gasteiger charge is -2.11. The second-order valence-electron chi connectivity index (χ2n) is 6.90. The highest BCUT2D eigenvalue weighted by Gasteiger charge is 2.20. The van der Waals surface area contributed by atoms with E-state index in [-0.39, 0.29) is 0 Å². The Hall–Kier alpha value is -3.26. The molecule has 0 saturated heterocycles. The quantitative estimate of drug-likeness (QED) is 0.444. The molecule has 0 aliphatic carbocycles. The predicted octanol–water partition coefficient (Wildman–Crippen LogP) is 5.52. The lowest BCUT2D eigenvalue weighted by atomic mass is 9.97. The molecule has 0 amide bonds. The van der Waals surface area contributed by atoms with Gasteiger partial charge in [-0.05, 0) is 36.6 Å². The highest BCUT2D eigenvalue weighted by molar-refractivity contribution is 5.81. The largest absolute Gasteiger partial charge is 0.240 e. The van der Waals surface area contributed by atoms with Crippen LogP contribution in [0.15, 0.2) is 85.1 Å². The fourth-order valence-electron chi connectivity index (χ4n) is 3.69. The van der Waals surface area contributed by atoms with E-state index in [1.807, 2.05) is 6.07 Å². The van der Waals surface area contributed by atoms with Gasteiger partial charge in [0.1, 0.15) is 18.4 Å². The zero-order valence-corrected chi connectivity index (χ0v) is 16.0. The fourth-order valence-corrected chi connectivity index (χ4v) is 3.69. The average molecular weight is 351 g/mol. The maximum atomic E-state index is 4.99. The van der Waals surface area contributed by atoms with Crippen molar-refractivity contribution in [1.82, 2.24) is 4.98 Å². The molecule has 0 unspecified atom stereocenters. The fraction of sp³-hybridized carbons (Fsp3) is 0.120. The van der Waals surface area contributed by atoms with Crippen molar-refractivity contribution in [2.24, 2.45) is 7.05 Å². The van der Waals surface area contributed by atoms with Crippen molar-refractivity contribution < 1.29 is 4.57 Å². The van der Waals surface area contributed by atoms with Crippen molar-refractivity contribution in [3.05, 3.63) is 96.3 Å². The van der Waals surface area contributed by atoms with E-state index < -0.39 is 0 Å². The molecule has 0 aliphatic heterocycles. The summed E-state index contributed by atoms with van der Waals surface area (Å²) in [4.78, 5) is 4.99. The van der Waals surface area contributed by atoms with E-state index in [2.05, 4.69) is 104 Å². The first-order valence-corrected chi connectivity index (χ1v) is 9.23. The van der Waals surface area contributed by atoms with Crippen LogP contribution in [0, 0.1) is 13.8 Å². The summed E-state index contributed by atoms with van der Waals surface area (Å²) in [6.07, 6.45) is 2.14. The third-order valence-electron chi connectivity index (χ3n) is 4.99. The van der Waals surface area contributed by atoms with Gasteiger partial charge < -0.3 is 0 Å². The summed E-state index contributed by atoms with van der Waals surface area (Å²) in [6, 6.07) is 27.4. The molecule has 1 heterocycles. The second-order valence-corrected chi connectivity index (χ2v) is 6.90. The van der Waals surface area contributed by atoms with Gasteiger partial charge in [0.2, 0.25) is 5.69 Å². The van der Waals surface area contributed by atoms with E-state index in [0.717, 1.165) is 22.6 Å². The molecule has 2 heteroatoms. The summed E-state index contributed by atoms with van der Waals surface area (Å²) >= 11 is 0. The van der Waals surface area contributed by atoms with Gasteiger partial charge in [-0.2, -0.15) is 4.57 Å². The Bertz CT molecular complexity index is 1080. The Morgan fingerprint density at radius 1 is 0.667 bits per heavy atom. The molecule has 27 heavy (non-hydrogen) atoms. The molecule has 4 aromatic rings. The maximum Gasteiger partial charge on any atom is 0.233 e. The van der Waals surface area contributed by atoms with E-state index in [1.165, 1.54) is 22.3 Å². The molecule has 0 atom stereocenters. The van der Waals surface area contributed by atoms with E-state index in [1.54, 1.807) is 0 Å². The molecule has 0 saturated carbocycles. The lowest BCUT2D eigenvalue weighted by molar-refractivity contribution is -0.660. The Morgan fingerprint density at radius 2 is 1.26 bits per heavy atom. The minimum Gasteiger partial charge on any atom is -0.240 e. The van der Waals surface area contributed by atoms with Gasteiger partial charge in [0.15, 0.2) is 6.20 Å². The van der Waals surface area contributed by atoms with Crippen LogP contribution in [0.4, 0.5) is 0 Å². The first-order valence-electron chi connectivity index (χ1n) is 9.23. The summed E-state index contributed by atoms with van der Waals surface area (Å²) in [7, 11) is 2.10. The van der Waals surface area contributed by atoms with Gasteiger partial charge in [-0.3, -0.25) is 0 Å². The van der Waals surface area contributed by atoms with Gasteiger partial charge in [0.05, 0.1) is 5.56 Å². The van der Waals surface area contributed by atoms with Gasteiger partial charge in [-0.15, -0.1) is 0 Å². The van der Waals surface area contributed by atoms with E-state index in [4.69, 9.17) is 4.98 Å². The van der Waals surface area contributed by atoms with Crippen molar-refractivity contribution in [2.75, 3.05) is 0 Å². The minimum absolute atomic E-state index is 0.992. The first-order chi connectivity index (χ1) is 13.1. The molecule has 0 N–H and O–H groups in total. The van der Waals surface area contributed by atoms with Gasteiger partial charge in [0.25, 0.3) is 0 Å². The SMILES string of the molecule is Cc1ccccc1-c1c(C)nc(-c2ccccc2-c2ccccc2)c[n+]1C. The smallest absolute Gasteiger partial charge is 0.233 e. The van der Waals surface area contributed by atoms with Crippen molar-refractivity contribution in [1.29, 1.82) is 0 Å². The van der Waals surface area contributed by atoms with E-state index in [0.29, 0.717) is 0 Å². The van der Waals surface area contributed by atoms with Crippen LogP contribution < -0.4 is 4.57 Å². The zero-order valence-electron chi connectivity index (χ0n) is 16.0. The van der Waals surface area contributed by atoms with Crippen molar-refractivity contribution >= 4 is 0 Å². The third kappa shape index (κ3) is 3.26. The summed E-state index contributed by atoms with van der Waals surface area (Å²) in [5, 5.41) is 0. The monoisotopic (exact) mass is 351 g/mol. The van der Waals surface area contributed by atoms with Gasteiger partial charge in [-0.25, -0.2) is 4.98 Å². The molecule has 132 valence electrons. The molecule has 0 spiro atoms. The number of hydrogen-bond acceptors (Lipinski definition) is 1. The molecule has 0 aliphatic rings. The molecule has 4 rings (SSSR count). The number of benzene rings is 3. The molecule has 0 radical (unpaired) electrons. The Kier molecular flexibility index (Phi) is 4.55. The topological polar surface area (TPSA) is 16.8 Å². The van der Waals surface area contributed by atoms with E-state index >= 15 is 0 Å². The summed E-state index contributed by atoms with van der Waals surface area (Å²) in [5.74, 6) is 0. The highest BCUT2D eigenvalue weighted by Crippen LogP contribution is 2.31.